The fourth-order valence-corrected chi connectivity index (χ4v) is 3.44. The molecule has 1 N–H and O–H groups in total. The number of thiazole rings is 1. The van der Waals surface area contributed by atoms with Gasteiger partial charge in [0.15, 0.2) is 5.13 Å². The predicted molar refractivity (Wildman–Crippen MR) is 91.0 cm³/mol. The van der Waals surface area contributed by atoms with Gasteiger partial charge in [-0.1, -0.05) is 18.2 Å². The Labute approximate surface area is 136 Å². The fraction of sp³-hybridized carbons (Fsp3) is 0.125. The van der Waals surface area contributed by atoms with Gasteiger partial charge in [0.2, 0.25) is 0 Å². The first kappa shape index (κ1) is 14.7. The zero-order valence-corrected chi connectivity index (χ0v) is 13.5. The van der Waals surface area contributed by atoms with E-state index in [9.17, 15) is 4.79 Å². The van der Waals surface area contributed by atoms with Gasteiger partial charge in [0.1, 0.15) is 5.75 Å². The number of para-hydroxylation sites is 1. The van der Waals surface area contributed by atoms with Crippen molar-refractivity contribution in [3.63, 3.8) is 0 Å². The van der Waals surface area contributed by atoms with Crippen molar-refractivity contribution in [1.29, 1.82) is 0 Å². The molecule has 0 bridgehead atoms. The number of benzene rings is 1. The van der Waals surface area contributed by atoms with Gasteiger partial charge in [-0.25, -0.2) is 4.98 Å². The van der Waals surface area contributed by atoms with Crippen molar-refractivity contribution in [2.24, 2.45) is 0 Å². The molecule has 0 unspecified atom stereocenters. The molecule has 4 nitrogen and oxygen atoms in total. The largest absolute Gasteiger partial charge is 0.493 e. The second kappa shape index (κ2) is 6.72. The van der Waals surface area contributed by atoms with Gasteiger partial charge in [0.05, 0.1) is 22.7 Å². The molecule has 0 aliphatic rings. The summed E-state index contributed by atoms with van der Waals surface area (Å²) in [6, 6.07) is 11.2. The molecule has 0 radical (unpaired) electrons. The number of rotatable bonds is 5. The average molecular weight is 330 g/mol. The maximum Gasteiger partial charge on any atom is 0.261 e. The summed E-state index contributed by atoms with van der Waals surface area (Å²) in [4.78, 5) is 17.9. The van der Waals surface area contributed by atoms with Gasteiger partial charge >= 0.3 is 0 Å². The summed E-state index contributed by atoms with van der Waals surface area (Å²) < 4.78 is 5.48. The van der Waals surface area contributed by atoms with E-state index >= 15 is 0 Å². The van der Waals surface area contributed by atoms with Crippen LogP contribution in [0, 0.1) is 0 Å². The smallest absolute Gasteiger partial charge is 0.261 e. The average Bonchev–Trinajstić information content (AvgIpc) is 3.19. The van der Waals surface area contributed by atoms with Crippen LogP contribution in [0.1, 0.15) is 17.3 Å². The lowest BCUT2D eigenvalue weighted by Crippen LogP contribution is -2.13. The molecule has 22 heavy (non-hydrogen) atoms. The molecule has 3 rings (SSSR count). The van der Waals surface area contributed by atoms with E-state index in [0.29, 0.717) is 23.1 Å². The predicted octanol–water partition coefficient (Wildman–Crippen LogP) is 4.52. The number of hydrogen-bond donors (Lipinski definition) is 1. The Morgan fingerprint density at radius 3 is 2.86 bits per heavy atom. The molecule has 0 aliphatic heterocycles. The van der Waals surface area contributed by atoms with E-state index < -0.39 is 0 Å². The highest BCUT2D eigenvalue weighted by molar-refractivity contribution is 7.16. The topological polar surface area (TPSA) is 51.2 Å². The van der Waals surface area contributed by atoms with E-state index in [4.69, 9.17) is 4.74 Å². The molecular weight excluding hydrogens is 316 g/mol. The van der Waals surface area contributed by atoms with Crippen molar-refractivity contribution in [3.05, 3.63) is 52.7 Å². The first-order valence-electron chi connectivity index (χ1n) is 6.80. The molecule has 2 aromatic heterocycles. The molecule has 0 saturated carbocycles. The quantitative estimate of drug-likeness (QED) is 0.748. The second-order valence-corrected chi connectivity index (χ2v) is 6.20. The Morgan fingerprint density at radius 1 is 1.23 bits per heavy atom. The molecule has 0 aliphatic carbocycles. The van der Waals surface area contributed by atoms with Crippen LogP contribution in [0.5, 0.6) is 5.75 Å². The van der Waals surface area contributed by atoms with Gasteiger partial charge in [-0.3, -0.25) is 10.1 Å². The summed E-state index contributed by atoms with van der Waals surface area (Å²) in [5.41, 5.74) is 1.39. The highest BCUT2D eigenvalue weighted by Crippen LogP contribution is 2.29. The summed E-state index contributed by atoms with van der Waals surface area (Å²) in [5.74, 6) is 0.369. The number of nitrogens with zero attached hydrogens (tertiary/aromatic N) is 1. The van der Waals surface area contributed by atoms with Gasteiger partial charge in [-0.05, 0) is 30.5 Å². The SMILES string of the molecule is CCOc1ccccc1C(=O)Nc1nc(-c2cccs2)cs1. The van der Waals surface area contributed by atoms with Crippen LogP contribution in [0.4, 0.5) is 5.13 Å². The normalized spacial score (nSPS) is 10.4. The number of anilines is 1. The highest BCUT2D eigenvalue weighted by Gasteiger charge is 2.14. The van der Waals surface area contributed by atoms with Crippen LogP contribution in [0.2, 0.25) is 0 Å². The van der Waals surface area contributed by atoms with E-state index in [1.807, 2.05) is 41.9 Å². The highest BCUT2D eigenvalue weighted by atomic mass is 32.1. The molecule has 1 amide bonds. The summed E-state index contributed by atoms with van der Waals surface area (Å²) in [5, 5.41) is 7.36. The van der Waals surface area contributed by atoms with Crippen molar-refractivity contribution in [3.8, 4) is 16.3 Å². The van der Waals surface area contributed by atoms with Crippen LogP contribution in [0.3, 0.4) is 0 Å². The molecule has 6 heteroatoms. The Hall–Kier alpha value is -2.18. The van der Waals surface area contributed by atoms with Crippen molar-refractivity contribution in [2.45, 2.75) is 6.92 Å². The number of amides is 1. The van der Waals surface area contributed by atoms with Crippen molar-refractivity contribution in [2.75, 3.05) is 11.9 Å². The molecule has 0 fully saturated rings. The molecular formula is C16H14N2O2S2. The maximum absolute atomic E-state index is 12.4. The maximum atomic E-state index is 12.4. The minimum atomic E-state index is -0.212. The Balaban J connectivity index is 1.77. The zero-order chi connectivity index (χ0) is 15.4. The number of carbonyl (C=O) groups is 1. The lowest BCUT2D eigenvalue weighted by Gasteiger charge is -2.08. The van der Waals surface area contributed by atoms with Crippen LogP contribution in [-0.2, 0) is 0 Å². The van der Waals surface area contributed by atoms with Gasteiger partial charge < -0.3 is 4.74 Å². The number of ether oxygens (including phenoxy) is 1. The standard InChI is InChI=1S/C16H14N2O2S2/c1-2-20-13-7-4-3-6-11(13)15(19)18-16-17-12(10-22-16)14-8-5-9-21-14/h3-10H,2H2,1H3,(H,17,18,19). The van der Waals surface area contributed by atoms with Crippen molar-refractivity contribution >= 4 is 33.7 Å². The van der Waals surface area contributed by atoms with Crippen LogP contribution in [0.25, 0.3) is 10.6 Å². The lowest BCUT2D eigenvalue weighted by molar-refractivity contribution is 0.102. The first-order valence-corrected chi connectivity index (χ1v) is 8.56. The summed E-state index contributed by atoms with van der Waals surface area (Å²) in [6.07, 6.45) is 0. The summed E-state index contributed by atoms with van der Waals surface area (Å²) in [6.45, 7) is 2.41. The number of thiophene rings is 1. The number of nitrogens with one attached hydrogen (secondary N) is 1. The summed E-state index contributed by atoms with van der Waals surface area (Å²) >= 11 is 3.04. The van der Waals surface area contributed by atoms with Crippen molar-refractivity contribution < 1.29 is 9.53 Å². The third-order valence-electron chi connectivity index (χ3n) is 2.93. The molecule has 0 atom stereocenters. The van der Waals surface area contributed by atoms with Gasteiger partial charge in [-0.2, -0.15) is 0 Å². The number of hydrogen-bond acceptors (Lipinski definition) is 5. The van der Waals surface area contributed by atoms with E-state index in [2.05, 4.69) is 10.3 Å². The van der Waals surface area contributed by atoms with E-state index in [0.717, 1.165) is 10.6 Å². The molecule has 0 saturated heterocycles. The molecule has 2 heterocycles. The number of carbonyl (C=O) groups excluding carboxylic acids is 1. The Bertz CT molecular complexity index is 766. The monoisotopic (exact) mass is 330 g/mol. The van der Waals surface area contributed by atoms with Gasteiger partial charge in [-0.15, -0.1) is 22.7 Å². The second-order valence-electron chi connectivity index (χ2n) is 4.40. The minimum Gasteiger partial charge on any atom is -0.493 e. The Morgan fingerprint density at radius 2 is 2.09 bits per heavy atom. The Kier molecular flexibility index (Phi) is 4.50. The van der Waals surface area contributed by atoms with E-state index in [1.165, 1.54) is 11.3 Å². The van der Waals surface area contributed by atoms with Gasteiger partial charge in [0, 0.05) is 5.38 Å². The van der Waals surface area contributed by atoms with Crippen LogP contribution in [0.15, 0.2) is 47.2 Å². The molecule has 1 aromatic carbocycles. The van der Waals surface area contributed by atoms with Crippen LogP contribution >= 0.6 is 22.7 Å². The first-order chi connectivity index (χ1) is 10.8. The van der Waals surface area contributed by atoms with Gasteiger partial charge in [0.25, 0.3) is 5.91 Å². The lowest BCUT2D eigenvalue weighted by atomic mass is 10.2. The molecule has 3 aromatic rings. The van der Waals surface area contributed by atoms with E-state index in [1.54, 1.807) is 23.5 Å². The fourth-order valence-electron chi connectivity index (χ4n) is 1.97. The van der Waals surface area contributed by atoms with Crippen LogP contribution < -0.4 is 10.1 Å². The third kappa shape index (κ3) is 3.18. The van der Waals surface area contributed by atoms with Crippen LogP contribution in [-0.4, -0.2) is 17.5 Å². The zero-order valence-electron chi connectivity index (χ0n) is 11.9. The van der Waals surface area contributed by atoms with E-state index in [-0.39, 0.29) is 5.91 Å². The van der Waals surface area contributed by atoms with Crippen molar-refractivity contribution in [1.82, 2.24) is 4.98 Å². The molecule has 0 spiro atoms. The minimum absolute atomic E-state index is 0.212. The third-order valence-corrected chi connectivity index (χ3v) is 4.58. The molecule has 112 valence electrons. The number of aromatic nitrogens is 1. The summed E-state index contributed by atoms with van der Waals surface area (Å²) in [7, 11) is 0.